The Hall–Kier alpha value is -0.560. The first-order valence-electron chi connectivity index (χ1n) is 6.91. The molecule has 1 unspecified atom stereocenters. The summed E-state index contributed by atoms with van der Waals surface area (Å²) in [6.07, 6.45) is 3.36. The molecule has 1 aliphatic carbocycles. The normalized spacial score (nSPS) is 29.5. The summed E-state index contributed by atoms with van der Waals surface area (Å²) in [4.78, 5) is 0. The number of aliphatic hydroxyl groups is 1. The van der Waals surface area contributed by atoms with Crippen molar-refractivity contribution in [2.75, 3.05) is 0 Å². The van der Waals surface area contributed by atoms with Crippen LogP contribution in [0.1, 0.15) is 45.1 Å². The van der Waals surface area contributed by atoms with Crippen molar-refractivity contribution in [3.8, 4) is 6.07 Å². The van der Waals surface area contributed by atoms with Gasteiger partial charge in [-0.2, -0.15) is 5.26 Å². The van der Waals surface area contributed by atoms with Crippen LogP contribution in [0.2, 0.25) is 5.02 Å². The standard InChI is InChI=1S/C16H19BrClNO/c1-11-5-7-16(10-19,8-6-11)15(2,20)13-4-3-12(17)9-14(13)18/h3-4,9,11,20H,5-8H2,1-2H3. The van der Waals surface area contributed by atoms with Gasteiger partial charge in [0, 0.05) is 15.1 Å². The summed E-state index contributed by atoms with van der Waals surface area (Å²) >= 11 is 9.65. The van der Waals surface area contributed by atoms with Crippen LogP contribution in [-0.4, -0.2) is 5.11 Å². The van der Waals surface area contributed by atoms with E-state index in [1.807, 2.05) is 12.1 Å². The van der Waals surface area contributed by atoms with Crippen LogP contribution in [0.5, 0.6) is 0 Å². The lowest BCUT2D eigenvalue weighted by molar-refractivity contribution is -0.0685. The minimum absolute atomic E-state index is 0.498. The fourth-order valence-electron chi connectivity index (χ4n) is 3.10. The summed E-state index contributed by atoms with van der Waals surface area (Å²) in [5, 5.41) is 21.3. The van der Waals surface area contributed by atoms with Gasteiger partial charge in [-0.05, 0) is 50.7 Å². The molecule has 108 valence electrons. The topological polar surface area (TPSA) is 44.0 Å². The summed E-state index contributed by atoms with van der Waals surface area (Å²) in [6.45, 7) is 3.92. The predicted molar refractivity (Wildman–Crippen MR) is 84.4 cm³/mol. The molecule has 1 N–H and O–H groups in total. The molecule has 1 aromatic rings. The molecule has 0 spiro atoms. The molecular formula is C16H19BrClNO. The van der Waals surface area contributed by atoms with Gasteiger partial charge < -0.3 is 5.11 Å². The molecule has 1 aromatic carbocycles. The van der Waals surface area contributed by atoms with Crippen molar-refractivity contribution in [2.45, 2.75) is 45.1 Å². The Morgan fingerprint density at radius 3 is 2.55 bits per heavy atom. The maximum absolute atomic E-state index is 11.1. The van der Waals surface area contributed by atoms with Crippen molar-refractivity contribution in [1.29, 1.82) is 5.26 Å². The largest absolute Gasteiger partial charge is 0.384 e. The Bertz CT molecular complexity index is 542. The van der Waals surface area contributed by atoms with Crippen LogP contribution in [-0.2, 0) is 5.60 Å². The zero-order valence-corrected chi connectivity index (χ0v) is 14.1. The number of benzene rings is 1. The number of halogens is 2. The van der Waals surface area contributed by atoms with Crippen molar-refractivity contribution in [3.05, 3.63) is 33.3 Å². The molecule has 0 heterocycles. The second-order valence-electron chi connectivity index (χ2n) is 6.07. The highest BCUT2D eigenvalue weighted by molar-refractivity contribution is 9.10. The van der Waals surface area contributed by atoms with Gasteiger partial charge in [-0.25, -0.2) is 0 Å². The van der Waals surface area contributed by atoms with Gasteiger partial charge in [0.05, 0.1) is 11.5 Å². The number of hydrogen-bond donors (Lipinski definition) is 1. The molecule has 0 aliphatic heterocycles. The average molecular weight is 357 g/mol. The van der Waals surface area contributed by atoms with E-state index in [2.05, 4.69) is 28.9 Å². The number of hydrogen-bond acceptors (Lipinski definition) is 2. The summed E-state index contributed by atoms with van der Waals surface area (Å²) in [7, 11) is 0. The predicted octanol–water partition coefficient (Wildman–Crippen LogP) is 5.03. The number of nitrogens with zero attached hydrogens (tertiary/aromatic N) is 1. The minimum Gasteiger partial charge on any atom is -0.384 e. The van der Waals surface area contributed by atoms with Crippen molar-refractivity contribution >= 4 is 27.5 Å². The first kappa shape index (κ1) is 15.8. The SMILES string of the molecule is CC1CCC(C#N)(C(C)(O)c2ccc(Br)cc2Cl)CC1. The second kappa shape index (κ2) is 5.67. The van der Waals surface area contributed by atoms with Gasteiger partial charge in [0.15, 0.2) is 0 Å². The molecular weight excluding hydrogens is 338 g/mol. The molecule has 0 aromatic heterocycles. The minimum atomic E-state index is -1.24. The number of nitriles is 1. The molecule has 0 saturated heterocycles. The van der Waals surface area contributed by atoms with Crippen LogP contribution >= 0.6 is 27.5 Å². The maximum atomic E-state index is 11.1. The Balaban J connectivity index is 2.44. The third kappa shape index (κ3) is 2.62. The first-order chi connectivity index (χ1) is 9.32. The molecule has 1 atom stereocenters. The molecule has 0 bridgehead atoms. The summed E-state index contributed by atoms with van der Waals surface area (Å²) in [6, 6.07) is 7.83. The van der Waals surface area contributed by atoms with Gasteiger partial charge in [-0.1, -0.05) is 40.5 Å². The molecule has 1 fully saturated rings. The van der Waals surface area contributed by atoms with E-state index in [9.17, 15) is 10.4 Å². The molecule has 4 heteroatoms. The summed E-state index contributed by atoms with van der Waals surface area (Å²) in [5.74, 6) is 0.618. The molecule has 2 rings (SSSR count). The van der Waals surface area contributed by atoms with Gasteiger partial charge in [0.1, 0.15) is 5.60 Å². The molecule has 1 saturated carbocycles. The zero-order chi connectivity index (χ0) is 15.0. The monoisotopic (exact) mass is 355 g/mol. The van der Waals surface area contributed by atoms with Crippen LogP contribution in [0.15, 0.2) is 22.7 Å². The molecule has 0 radical (unpaired) electrons. The first-order valence-corrected chi connectivity index (χ1v) is 8.09. The van der Waals surface area contributed by atoms with Crippen molar-refractivity contribution < 1.29 is 5.11 Å². The number of rotatable bonds is 2. The van der Waals surface area contributed by atoms with Crippen LogP contribution in [0.25, 0.3) is 0 Å². The van der Waals surface area contributed by atoms with Gasteiger partial charge in [0.25, 0.3) is 0 Å². The van der Waals surface area contributed by atoms with E-state index in [0.717, 1.165) is 17.3 Å². The lowest BCUT2D eigenvalue weighted by Gasteiger charge is -2.44. The van der Waals surface area contributed by atoms with Gasteiger partial charge in [0.2, 0.25) is 0 Å². The fraction of sp³-hybridized carbons (Fsp3) is 0.562. The van der Waals surface area contributed by atoms with Crippen molar-refractivity contribution in [1.82, 2.24) is 0 Å². The molecule has 20 heavy (non-hydrogen) atoms. The van der Waals surface area contributed by atoms with E-state index in [1.165, 1.54) is 0 Å². The summed E-state index contributed by atoms with van der Waals surface area (Å²) in [5.41, 5.74) is -1.35. The highest BCUT2D eigenvalue weighted by Gasteiger charge is 2.50. The van der Waals surface area contributed by atoms with Crippen LogP contribution in [0.3, 0.4) is 0 Å². The fourth-order valence-corrected chi connectivity index (χ4v) is 3.96. The lowest BCUT2D eigenvalue weighted by atomic mass is 9.61. The highest BCUT2D eigenvalue weighted by Crippen LogP contribution is 2.52. The highest BCUT2D eigenvalue weighted by atomic mass is 79.9. The van der Waals surface area contributed by atoms with Gasteiger partial charge in [-0.15, -0.1) is 0 Å². The van der Waals surface area contributed by atoms with Crippen LogP contribution in [0.4, 0.5) is 0 Å². The lowest BCUT2D eigenvalue weighted by Crippen LogP contribution is -2.45. The molecule has 0 amide bonds. The molecule has 1 aliphatic rings. The van der Waals surface area contributed by atoms with Gasteiger partial charge >= 0.3 is 0 Å². The third-order valence-electron chi connectivity index (χ3n) is 4.73. The van der Waals surface area contributed by atoms with Crippen LogP contribution in [0, 0.1) is 22.7 Å². The van der Waals surface area contributed by atoms with E-state index in [-0.39, 0.29) is 0 Å². The Kier molecular flexibility index (Phi) is 4.49. The van der Waals surface area contributed by atoms with Crippen molar-refractivity contribution in [3.63, 3.8) is 0 Å². The summed E-state index contributed by atoms with van der Waals surface area (Å²) < 4.78 is 0.866. The molecule has 2 nitrogen and oxygen atoms in total. The van der Waals surface area contributed by atoms with Crippen molar-refractivity contribution in [2.24, 2.45) is 11.3 Å². The van der Waals surface area contributed by atoms with E-state index in [1.54, 1.807) is 13.0 Å². The Morgan fingerprint density at radius 2 is 2.05 bits per heavy atom. The van der Waals surface area contributed by atoms with Gasteiger partial charge in [-0.3, -0.25) is 0 Å². The van der Waals surface area contributed by atoms with E-state index in [4.69, 9.17) is 11.6 Å². The zero-order valence-electron chi connectivity index (χ0n) is 11.8. The maximum Gasteiger partial charge on any atom is 0.107 e. The average Bonchev–Trinajstić information content (AvgIpc) is 2.39. The van der Waals surface area contributed by atoms with E-state index in [0.29, 0.717) is 29.3 Å². The third-order valence-corrected chi connectivity index (χ3v) is 5.54. The van der Waals surface area contributed by atoms with Crippen LogP contribution < -0.4 is 0 Å². The second-order valence-corrected chi connectivity index (χ2v) is 7.40. The van der Waals surface area contributed by atoms with E-state index >= 15 is 0 Å². The Morgan fingerprint density at radius 1 is 1.45 bits per heavy atom. The quantitative estimate of drug-likeness (QED) is 0.807. The smallest absolute Gasteiger partial charge is 0.107 e. The van der Waals surface area contributed by atoms with E-state index < -0.39 is 11.0 Å². The Labute approximate surface area is 133 Å².